The number of carbonyl (C=O) groups excluding carboxylic acids is 2. The maximum Gasteiger partial charge on any atom is 0.276 e. The van der Waals surface area contributed by atoms with Crippen LogP contribution < -0.4 is 5.32 Å². The second kappa shape index (κ2) is 8.94. The molecule has 1 atom stereocenters. The maximum absolute atomic E-state index is 13.0. The number of carbonyl (C=O) groups is 2. The molecule has 2 amide bonds. The average Bonchev–Trinajstić information content (AvgIpc) is 3.57. The van der Waals surface area contributed by atoms with E-state index in [0.29, 0.717) is 55.0 Å². The van der Waals surface area contributed by atoms with Gasteiger partial charge in [-0.25, -0.2) is 4.98 Å². The Bertz CT molecular complexity index is 1180. The number of aromatic nitrogens is 2. The summed E-state index contributed by atoms with van der Waals surface area (Å²) < 4.78 is 11.3. The van der Waals surface area contributed by atoms with Gasteiger partial charge in [0.05, 0.1) is 29.9 Å². The van der Waals surface area contributed by atoms with Gasteiger partial charge in [0.1, 0.15) is 11.9 Å². The van der Waals surface area contributed by atoms with Crippen LogP contribution in [0.1, 0.15) is 71.0 Å². The summed E-state index contributed by atoms with van der Waals surface area (Å²) in [6.07, 6.45) is 1.74. The zero-order chi connectivity index (χ0) is 22.9. The third kappa shape index (κ3) is 4.61. The highest BCUT2D eigenvalue weighted by molar-refractivity contribution is 6.06. The van der Waals surface area contributed by atoms with Gasteiger partial charge in [-0.1, -0.05) is 37.2 Å². The molecule has 2 aromatic heterocycles. The molecule has 3 heterocycles. The number of nitrogens with one attached hydrogen (secondary N) is 1. The molecule has 5 rings (SSSR count). The molecule has 1 aliphatic carbocycles. The second-order valence-corrected chi connectivity index (χ2v) is 9.22. The molecule has 8 nitrogen and oxygen atoms in total. The van der Waals surface area contributed by atoms with Gasteiger partial charge in [0.25, 0.3) is 11.8 Å². The lowest BCUT2D eigenvalue weighted by molar-refractivity contribution is -0.0249. The molecule has 0 radical (unpaired) electrons. The van der Waals surface area contributed by atoms with Gasteiger partial charge in [-0.15, -0.1) is 0 Å². The number of benzene rings is 1. The van der Waals surface area contributed by atoms with Crippen molar-refractivity contribution in [3.8, 4) is 0 Å². The Labute approximate surface area is 192 Å². The topological polar surface area (TPSA) is 97.6 Å². The summed E-state index contributed by atoms with van der Waals surface area (Å²) in [5, 5.41) is 7.78. The van der Waals surface area contributed by atoms with E-state index in [1.807, 2.05) is 24.3 Å². The van der Waals surface area contributed by atoms with Crippen LogP contribution in [0, 0.1) is 5.92 Å². The van der Waals surface area contributed by atoms with Gasteiger partial charge in [-0.2, -0.15) is 0 Å². The maximum atomic E-state index is 13.0. The minimum absolute atomic E-state index is 0.137. The van der Waals surface area contributed by atoms with Crippen LogP contribution in [-0.4, -0.2) is 53.1 Å². The van der Waals surface area contributed by atoms with Gasteiger partial charge in [-0.3, -0.25) is 9.59 Å². The molecule has 172 valence electrons. The van der Waals surface area contributed by atoms with Crippen LogP contribution in [0.25, 0.3) is 10.9 Å². The molecule has 2 fully saturated rings. The number of rotatable bonds is 6. The first kappa shape index (κ1) is 21.6. The molecule has 0 unspecified atom stereocenters. The molecule has 1 saturated heterocycles. The predicted molar refractivity (Wildman–Crippen MR) is 122 cm³/mol. The minimum atomic E-state index is -0.432. The molecule has 1 aromatic carbocycles. The largest absolute Gasteiger partial charge is 0.368 e. The predicted octanol–water partition coefficient (Wildman–Crippen LogP) is 3.70. The summed E-state index contributed by atoms with van der Waals surface area (Å²) in [5.41, 5.74) is 2.26. The average molecular weight is 449 g/mol. The van der Waals surface area contributed by atoms with Crippen molar-refractivity contribution in [1.29, 1.82) is 0 Å². The first-order valence-electron chi connectivity index (χ1n) is 11.5. The van der Waals surface area contributed by atoms with Crippen LogP contribution in [-0.2, 0) is 4.74 Å². The minimum Gasteiger partial charge on any atom is -0.368 e. The molecule has 0 bridgehead atoms. The van der Waals surface area contributed by atoms with Crippen molar-refractivity contribution < 1.29 is 18.8 Å². The van der Waals surface area contributed by atoms with E-state index in [-0.39, 0.29) is 11.8 Å². The molecule has 1 aliphatic heterocycles. The van der Waals surface area contributed by atoms with Crippen LogP contribution in [0.15, 0.2) is 40.9 Å². The Kier molecular flexibility index (Phi) is 5.85. The molecule has 33 heavy (non-hydrogen) atoms. The summed E-state index contributed by atoms with van der Waals surface area (Å²) in [4.78, 5) is 32.5. The lowest BCUT2D eigenvalue weighted by Gasteiger charge is -2.32. The Hall–Kier alpha value is -3.26. The fraction of sp³-hybridized carbons (Fsp3) is 0.440. The fourth-order valence-corrected chi connectivity index (χ4v) is 4.07. The molecular formula is C25H28N4O4. The van der Waals surface area contributed by atoms with Crippen molar-refractivity contribution in [3.05, 3.63) is 59.1 Å². The van der Waals surface area contributed by atoms with Gasteiger partial charge in [0.2, 0.25) is 0 Å². The SMILES string of the molecule is CC(C)CNC(=O)c1cc([C@H]2CN(C(=O)c3cc(C4CC4)on3)CCO2)nc2ccccc12. The number of fused-ring (bicyclic) bond motifs is 1. The third-order valence-corrected chi connectivity index (χ3v) is 6.06. The normalized spacial score (nSPS) is 18.6. The van der Waals surface area contributed by atoms with E-state index in [1.165, 1.54) is 0 Å². The standard InChI is InChI=1S/C25H28N4O4/c1-15(2)13-26-24(30)18-11-20(27-19-6-4-3-5-17(18)19)23-14-29(9-10-32-23)25(31)21-12-22(33-28-21)16-7-8-16/h3-6,11-12,15-16,23H,7-10,13-14H2,1-2H3,(H,26,30)/t23-/m1/s1. The highest BCUT2D eigenvalue weighted by Crippen LogP contribution is 2.40. The molecule has 1 saturated carbocycles. The quantitative estimate of drug-likeness (QED) is 0.618. The number of hydrogen-bond acceptors (Lipinski definition) is 6. The van der Waals surface area contributed by atoms with Crippen LogP contribution >= 0.6 is 0 Å². The van der Waals surface area contributed by atoms with Crippen molar-refractivity contribution in [2.24, 2.45) is 5.92 Å². The summed E-state index contributed by atoms with van der Waals surface area (Å²) in [7, 11) is 0. The van der Waals surface area contributed by atoms with Gasteiger partial charge in [-0.05, 0) is 30.9 Å². The van der Waals surface area contributed by atoms with E-state index in [4.69, 9.17) is 14.2 Å². The van der Waals surface area contributed by atoms with E-state index in [1.54, 1.807) is 17.0 Å². The molecular weight excluding hydrogens is 420 g/mol. The van der Waals surface area contributed by atoms with Crippen molar-refractivity contribution in [3.63, 3.8) is 0 Å². The number of morpholine rings is 1. The molecule has 3 aromatic rings. The van der Waals surface area contributed by atoms with Gasteiger partial charge in [0.15, 0.2) is 5.69 Å². The highest BCUT2D eigenvalue weighted by atomic mass is 16.5. The van der Waals surface area contributed by atoms with Crippen LogP contribution in [0.4, 0.5) is 0 Å². The third-order valence-electron chi connectivity index (χ3n) is 6.06. The van der Waals surface area contributed by atoms with E-state index in [9.17, 15) is 9.59 Å². The Morgan fingerprint density at radius 2 is 2.03 bits per heavy atom. The number of ether oxygens (including phenoxy) is 1. The van der Waals surface area contributed by atoms with Crippen molar-refractivity contribution >= 4 is 22.7 Å². The lowest BCUT2D eigenvalue weighted by Crippen LogP contribution is -2.42. The molecule has 2 aliphatic rings. The molecule has 0 spiro atoms. The van der Waals surface area contributed by atoms with Crippen LogP contribution in [0.2, 0.25) is 0 Å². The van der Waals surface area contributed by atoms with E-state index in [0.717, 1.165) is 29.5 Å². The monoisotopic (exact) mass is 448 g/mol. The van der Waals surface area contributed by atoms with Crippen molar-refractivity contribution in [1.82, 2.24) is 20.4 Å². The van der Waals surface area contributed by atoms with E-state index < -0.39 is 6.10 Å². The summed E-state index contributed by atoms with van der Waals surface area (Å²) >= 11 is 0. The second-order valence-electron chi connectivity index (χ2n) is 9.22. The van der Waals surface area contributed by atoms with Crippen LogP contribution in [0.5, 0.6) is 0 Å². The summed E-state index contributed by atoms with van der Waals surface area (Å²) in [6, 6.07) is 11.1. The number of nitrogens with zero attached hydrogens (tertiary/aromatic N) is 3. The lowest BCUT2D eigenvalue weighted by atomic mass is 10.0. The molecule has 8 heteroatoms. The number of hydrogen-bond donors (Lipinski definition) is 1. The zero-order valence-corrected chi connectivity index (χ0v) is 18.9. The van der Waals surface area contributed by atoms with Crippen molar-refractivity contribution in [2.75, 3.05) is 26.2 Å². The van der Waals surface area contributed by atoms with E-state index in [2.05, 4.69) is 24.3 Å². The smallest absolute Gasteiger partial charge is 0.276 e. The Balaban J connectivity index is 1.39. The summed E-state index contributed by atoms with van der Waals surface area (Å²) in [6.45, 7) is 5.89. The summed E-state index contributed by atoms with van der Waals surface area (Å²) in [5.74, 6) is 1.23. The highest BCUT2D eigenvalue weighted by Gasteiger charge is 2.32. The van der Waals surface area contributed by atoms with Crippen molar-refractivity contribution in [2.45, 2.75) is 38.7 Å². The zero-order valence-electron chi connectivity index (χ0n) is 18.9. The Morgan fingerprint density at radius 3 is 2.82 bits per heavy atom. The first-order chi connectivity index (χ1) is 16.0. The van der Waals surface area contributed by atoms with Crippen LogP contribution in [0.3, 0.4) is 0 Å². The first-order valence-corrected chi connectivity index (χ1v) is 11.5. The number of pyridine rings is 1. The van der Waals surface area contributed by atoms with E-state index >= 15 is 0 Å². The number of amides is 2. The van der Waals surface area contributed by atoms with Gasteiger partial charge < -0.3 is 19.5 Å². The Morgan fingerprint density at radius 1 is 1.21 bits per heavy atom. The fourth-order valence-electron chi connectivity index (χ4n) is 4.07. The number of para-hydroxylation sites is 1. The molecule has 1 N–H and O–H groups in total. The van der Waals surface area contributed by atoms with Gasteiger partial charge >= 0.3 is 0 Å². The van der Waals surface area contributed by atoms with Gasteiger partial charge in [0, 0.05) is 30.5 Å².